The van der Waals surface area contributed by atoms with Crippen molar-refractivity contribution in [2.24, 2.45) is 5.73 Å². The van der Waals surface area contributed by atoms with Gasteiger partial charge in [-0.2, -0.15) is 0 Å². The zero-order valence-corrected chi connectivity index (χ0v) is 11.2. The standard InChI is InChI=1S/C10H17ClN2O5/c1-10(2,3)18-9(16)13-6(4-7(12)14)8(15)17-5-11/h6H,4-5H2,1-3H3,(H2,12,14)(H,13,16)/t6-/m0/s1. The van der Waals surface area contributed by atoms with Gasteiger partial charge in [0.05, 0.1) is 6.42 Å². The molecule has 0 aromatic carbocycles. The van der Waals surface area contributed by atoms with E-state index in [1.807, 2.05) is 0 Å². The average molecular weight is 281 g/mol. The van der Waals surface area contributed by atoms with Gasteiger partial charge in [-0.15, -0.1) is 0 Å². The zero-order valence-electron chi connectivity index (χ0n) is 10.5. The lowest BCUT2D eigenvalue weighted by Crippen LogP contribution is -2.46. The normalized spacial score (nSPS) is 12.4. The molecule has 0 unspecified atom stereocenters. The van der Waals surface area contributed by atoms with Gasteiger partial charge in [0, 0.05) is 0 Å². The number of esters is 1. The van der Waals surface area contributed by atoms with E-state index in [4.69, 9.17) is 22.1 Å². The average Bonchev–Trinajstić information content (AvgIpc) is 2.13. The fourth-order valence-corrected chi connectivity index (χ4v) is 1.11. The molecule has 104 valence electrons. The van der Waals surface area contributed by atoms with Gasteiger partial charge in [-0.05, 0) is 20.8 Å². The molecule has 0 aliphatic rings. The summed E-state index contributed by atoms with van der Waals surface area (Å²) in [6, 6.07) is -1.60. The van der Waals surface area contributed by atoms with Gasteiger partial charge in [0.1, 0.15) is 11.6 Å². The fourth-order valence-electron chi connectivity index (χ4n) is 0.999. The highest BCUT2D eigenvalue weighted by Gasteiger charge is 2.26. The smallest absolute Gasteiger partial charge is 0.408 e. The molecular formula is C10H17ClN2O5. The van der Waals surface area contributed by atoms with Crippen LogP contribution in [0.5, 0.6) is 0 Å². The highest BCUT2D eigenvalue weighted by atomic mass is 35.5. The quantitative estimate of drug-likeness (QED) is 0.563. The van der Waals surface area contributed by atoms with Crippen molar-refractivity contribution in [3.63, 3.8) is 0 Å². The van der Waals surface area contributed by atoms with Gasteiger partial charge in [-0.3, -0.25) is 4.79 Å². The minimum Gasteiger partial charge on any atom is -0.448 e. The Labute approximate surface area is 110 Å². The number of halogens is 1. The highest BCUT2D eigenvalue weighted by molar-refractivity contribution is 6.17. The minimum absolute atomic E-state index is 0.385. The van der Waals surface area contributed by atoms with Crippen molar-refractivity contribution in [2.75, 3.05) is 6.07 Å². The molecule has 8 heteroatoms. The third-order valence-corrected chi connectivity index (χ3v) is 1.69. The second kappa shape index (κ2) is 7.05. The molecule has 0 aliphatic heterocycles. The van der Waals surface area contributed by atoms with Gasteiger partial charge in [-0.25, -0.2) is 9.59 Å². The summed E-state index contributed by atoms with van der Waals surface area (Å²) in [7, 11) is 0. The third kappa shape index (κ3) is 7.72. The maximum Gasteiger partial charge on any atom is 0.408 e. The lowest BCUT2D eigenvalue weighted by Gasteiger charge is -2.22. The SMILES string of the molecule is CC(C)(C)OC(=O)N[C@@H](CC(N)=O)C(=O)OCCl. The summed E-state index contributed by atoms with van der Waals surface area (Å²) in [5.74, 6) is -1.61. The molecule has 0 saturated heterocycles. The van der Waals surface area contributed by atoms with Crippen LogP contribution in [0.3, 0.4) is 0 Å². The van der Waals surface area contributed by atoms with Gasteiger partial charge in [-0.1, -0.05) is 11.6 Å². The molecule has 0 rings (SSSR count). The Morgan fingerprint density at radius 1 is 1.33 bits per heavy atom. The number of hydrogen-bond acceptors (Lipinski definition) is 5. The fraction of sp³-hybridized carbons (Fsp3) is 0.700. The van der Waals surface area contributed by atoms with Crippen LogP contribution in [0.2, 0.25) is 0 Å². The van der Waals surface area contributed by atoms with Crippen LogP contribution in [0, 0.1) is 0 Å². The van der Waals surface area contributed by atoms with Crippen molar-refractivity contribution in [3.05, 3.63) is 0 Å². The molecule has 0 spiro atoms. The predicted octanol–water partition coefficient (Wildman–Crippen LogP) is 0.495. The molecule has 0 aromatic heterocycles. The van der Waals surface area contributed by atoms with E-state index in [-0.39, 0.29) is 6.07 Å². The van der Waals surface area contributed by atoms with E-state index in [2.05, 4.69) is 10.1 Å². The van der Waals surface area contributed by atoms with Crippen LogP contribution in [0.25, 0.3) is 0 Å². The minimum atomic E-state index is -1.21. The van der Waals surface area contributed by atoms with E-state index in [0.29, 0.717) is 0 Å². The van der Waals surface area contributed by atoms with Crippen LogP contribution in [-0.4, -0.2) is 35.7 Å². The van der Waals surface area contributed by atoms with E-state index in [0.717, 1.165) is 0 Å². The first kappa shape index (κ1) is 16.5. The molecule has 0 saturated carbocycles. The number of nitrogens with one attached hydrogen (secondary N) is 1. The van der Waals surface area contributed by atoms with Gasteiger partial charge < -0.3 is 20.5 Å². The van der Waals surface area contributed by atoms with Crippen molar-refractivity contribution in [3.8, 4) is 0 Å². The number of primary amides is 1. The summed E-state index contributed by atoms with van der Waals surface area (Å²) >= 11 is 5.22. The Bertz CT molecular complexity index is 327. The maximum absolute atomic E-state index is 11.4. The molecule has 1 atom stereocenters. The number of amides is 2. The van der Waals surface area contributed by atoms with Gasteiger partial charge in [0.15, 0.2) is 6.07 Å². The molecule has 3 N–H and O–H groups in total. The maximum atomic E-state index is 11.4. The highest BCUT2D eigenvalue weighted by Crippen LogP contribution is 2.07. The number of carbonyl (C=O) groups is 3. The van der Waals surface area contributed by atoms with Crippen LogP contribution in [-0.2, 0) is 19.1 Å². The van der Waals surface area contributed by atoms with Crippen molar-refractivity contribution >= 4 is 29.6 Å². The molecule has 0 aliphatic carbocycles. The zero-order chi connectivity index (χ0) is 14.3. The van der Waals surface area contributed by atoms with Gasteiger partial charge in [0.25, 0.3) is 0 Å². The molecule has 0 aromatic rings. The molecule has 0 bridgehead atoms. The number of alkyl carbamates (subject to hydrolysis) is 1. The second-order valence-corrected chi connectivity index (χ2v) is 4.66. The topological polar surface area (TPSA) is 108 Å². The number of hydrogen-bond donors (Lipinski definition) is 2. The number of alkyl halides is 1. The van der Waals surface area contributed by atoms with Crippen LogP contribution in [0.15, 0.2) is 0 Å². The first-order chi connectivity index (χ1) is 8.15. The molecule has 2 amide bonds. The van der Waals surface area contributed by atoms with Crippen molar-refractivity contribution in [1.29, 1.82) is 0 Å². The number of ether oxygens (including phenoxy) is 2. The van der Waals surface area contributed by atoms with Crippen LogP contribution >= 0.6 is 11.6 Å². The lowest BCUT2D eigenvalue weighted by molar-refractivity contribution is -0.145. The monoisotopic (exact) mass is 280 g/mol. The van der Waals surface area contributed by atoms with Crippen molar-refractivity contribution in [1.82, 2.24) is 5.32 Å². The van der Waals surface area contributed by atoms with Crippen LogP contribution < -0.4 is 11.1 Å². The Kier molecular flexibility index (Phi) is 6.46. The molecule has 7 nitrogen and oxygen atoms in total. The van der Waals surface area contributed by atoms with Crippen LogP contribution in [0.4, 0.5) is 4.79 Å². The third-order valence-electron chi connectivity index (χ3n) is 1.58. The van der Waals surface area contributed by atoms with E-state index in [1.165, 1.54) is 0 Å². The summed E-state index contributed by atoms with van der Waals surface area (Å²) in [6.07, 6.45) is -1.24. The first-order valence-corrected chi connectivity index (χ1v) is 5.69. The Hall–Kier alpha value is -1.50. The predicted molar refractivity (Wildman–Crippen MR) is 63.8 cm³/mol. The summed E-state index contributed by atoms with van der Waals surface area (Å²) in [5.41, 5.74) is 4.23. The summed E-state index contributed by atoms with van der Waals surface area (Å²) in [4.78, 5) is 33.6. The molecule has 0 radical (unpaired) electrons. The molecule has 0 fully saturated rings. The van der Waals surface area contributed by atoms with E-state index >= 15 is 0 Å². The summed E-state index contributed by atoms with van der Waals surface area (Å²) in [5, 5.41) is 2.19. The van der Waals surface area contributed by atoms with E-state index in [1.54, 1.807) is 20.8 Å². The second-order valence-electron chi connectivity index (χ2n) is 4.44. The summed E-state index contributed by atoms with van der Waals surface area (Å²) in [6.45, 7) is 4.98. The number of carbonyl (C=O) groups excluding carboxylic acids is 3. The van der Waals surface area contributed by atoms with E-state index in [9.17, 15) is 14.4 Å². The Morgan fingerprint density at radius 2 is 1.89 bits per heavy atom. The van der Waals surface area contributed by atoms with Crippen molar-refractivity contribution < 1.29 is 23.9 Å². The first-order valence-electron chi connectivity index (χ1n) is 5.16. The Morgan fingerprint density at radius 3 is 2.28 bits per heavy atom. The number of rotatable bonds is 5. The van der Waals surface area contributed by atoms with E-state index < -0.39 is 36.0 Å². The van der Waals surface area contributed by atoms with Crippen LogP contribution in [0.1, 0.15) is 27.2 Å². The molecule has 0 heterocycles. The van der Waals surface area contributed by atoms with Crippen molar-refractivity contribution in [2.45, 2.75) is 38.8 Å². The van der Waals surface area contributed by atoms with Gasteiger partial charge in [0.2, 0.25) is 5.91 Å². The number of nitrogens with two attached hydrogens (primary N) is 1. The Balaban J connectivity index is 4.54. The summed E-state index contributed by atoms with van der Waals surface area (Å²) < 4.78 is 9.42. The van der Waals surface area contributed by atoms with Gasteiger partial charge >= 0.3 is 12.1 Å². The molecular weight excluding hydrogens is 264 g/mol. The largest absolute Gasteiger partial charge is 0.448 e. The molecule has 18 heavy (non-hydrogen) atoms. The lowest BCUT2D eigenvalue weighted by atomic mass is 10.2.